The SMILES string of the molecule is COc1cccc(SCc2cccc(N)c2F)c1. The van der Waals surface area contributed by atoms with Crippen LogP contribution < -0.4 is 10.5 Å². The van der Waals surface area contributed by atoms with Crippen molar-refractivity contribution < 1.29 is 9.13 Å². The minimum Gasteiger partial charge on any atom is -0.497 e. The number of nitrogen functional groups attached to an aromatic ring is 1. The van der Waals surface area contributed by atoms with Crippen molar-refractivity contribution in [1.82, 2.24) is 0 Å². The molecular formula is C14H14FNOS. The molecule has 0 saturated carbocycles. The summed E-state index contributed by atoms with van der Waals surface area (Å²) in [6, 6.07) is 12.8. The van der Waals surface area contributed by atoms with Gasteiger partial charge >= 0.3 is 0 Å². The van der Waals surface area contributed by atoms with E-state index < -0.39 is 0 Å². The summed E-state index contributed by atoms with van der Waals surface area (Å²) < 4.78 is 18.8. The Morgan fingerprint density at radius 1 is 1.22 bits per heavy atom. The van der Waals surface area contributed by atoms with Crippen LogP contribution in [0.5, 0.6) is 5.75 Å². The van der Waals surface area contributed by atoms with E-state index >= 15 is 0 Å². The maximum Gasteiger partial charge on any atom is 0.150 e. The second-order valence-corrected chi connectivity index (χ2v) is 4.84. The van der Waals surface area contributed by atoms with Crippen LogP contribution >= 0.6 is 11.8 Å². The van der Waals surface area contributed by atoms with E-state index in [1.54, 1.807) is 37.1 Å². The largest absolute Gasteiger partial charge is 0.497 e. The van der Waals surface area contributed by atoms with Crippen LogP contribution in [-0.4, -0.2) is 7.11 Å². The predicted molar refractivity (Wildman–Crippen MR) is 73.4 cm³/mol. The fourth-order valence-electron chi connectivity index (χ4n) is 1.56. The van der Waals surface area contributed by atoms with Crippen molar-refractivity contribution in [1.29, 1.82) is 0 Å². The number of rotatable bonds is 4. The zero-order valence-electron chi connectivity index (χ0n) is 10.0. The van der Waals surface area contributed by atoms with E-state index in [9.17, 15) is 4.39 Å². The monoisotopic (exact) mass is 263 g/mol. The van der Waals surface area contributed by atoms with Gasteiger partial charge in [0.25, 0.3) is 0 Å². The second kappa shape index (κ2) is 5.78. The molecule has 0 spiro atoms. The summed E-state index contributed by atoms with van der Waals surface area (Å²) in [5.41, 5.74) is 6.34. The highest BCUT2D eigenvalue weighted by molar-refractivity contribution is 7.98. The van der Waals surface area contributed by atoms with E-state index in [0.29, 0.717) is 11.3 Å². The van der Waals surface area contributed by atoms with Crippen LogP contribution in [0.2, 0.25) is 0 Å². The molecule has 0 radical (unpaired) electrons. The van der Waals surface area contributed by atoms with Crippen LogP contribution in [0.1, 0.15) is 5.56 Å². The first-order valence-corrected chi connectivity index (χ1v) is 6.49. The van der Waals surface area contributed by atoms with Gasteiger partial charge in [-0.3, -0.25) is 0 Å². The minimum atomic E-state index is -0.326. The zero-order valence-corrected chi connectivity index (χ0v) is 10.8. The fraction of sp³-hybridized carbons (Fsp3) is 0.143. The molecule has 0 fully saturated rings. The molecule has 18 heavy (non-hydrogen) atoms. The van der Waals surface area contributed by atoms with Gasteiger partial charge in [-0.05, 0) is 24.3 Å². The van der Waals surface area contributed by atoms with Crippen LogP contribution in [-0.2, 0) is 5.75 Å². The van der Waals surface area contributed by atoms with E-state index in [-0.39, 0.29) is 11.5 Å². The van der Waals surface area contributed by atoms with Crippen molar-refractivity contribution in [3.05, 3.63) is 53.8 Å². The average molecular weight is 263 g/mol. The normalized spacial score (nSPS) is 10.3. The van der Waals surface area contributed by atoms with E-state index in [4.69, 9.17) is 10.5 Å². The van der Waals surface area contributed by atoms with Crippen molar-refractivity contribution in [3.8, 4) is 5.75 Å². The Morgan fingerprint density at radius 2 is 2.00 bits per heavy atom. The molecule has 94 valence electrons. The third-order valence-corrected chi connectivity index (χ3v) is 3.59. The zero-order chi connectivity index (χ0) is 13.0. The lowest BCUT2D eigenvalue weighted by molar-refractivity contribution is 0.413. The number of anilines is 1. The lowest BCUT2D eigenvalue weighted by atomic mass is 10.2. The number of halogens is 1. The molecule has 2 aromatic carbocycles. The number of hydrogen-bond donors (Lipinski definition) is 1. The molecule has 0 heterocycles. The van der Waals surface area contributed by atoms with Crippen LogP contribution in [0, 0.1) is 5.82 Å². The van der Waals surface area contributed by atoms with Gasteiger partial charge in [0.2, 0.25) is 0 Å². The smallest absolute Gasteiger partial charge is 0.150 e. The number of nitrogens with two attached hydrogens (primary N) is 1. The number of ether oxygens (including phenoxy) is 1. The van der Waals surface area contributed by atoms with Gasteiger partial charge in [-0.1, -0.05) is 18.2 Å². The van der Waals surface area contributed by atoms with Gasteiger partial charge < -0.3 is 10.5 Å². The highest BCUT2D eigenvalue weighted by atomic mass is 32.2. The molecule has 0 aromatic heterocycles. The van der Waals surface area contributed by atoms with Gasteiger partial charge in [-0.25, -0.2) is 4.39 Å². The quantitative estimate of drug-likeness (QED) is 0.674. The number of hydrogen-bond acceptors (Lipinski definition) is 3. The van der Waals surface area contributed by atoms with E-state index in [1.807, 2.05) is 24.3 Å². The van der Waals surface area contributed by atoms with E-state index in [2.05, 4.69) is 0 Å². The third-order valence-electron chi connectivity index (χ3n) is 2.54. The molecule has 4 heteroatoms. The van der Waals surface area contributed by atoms with E-state index in [1.165, 1.54) is 0 Å². The Labute approximate surface area is 110 Å². The van der Waals surface area contributed by atoms with Gasteiger partial charge in [-0.2, -0.15) is 0 Å². The first-order chi connectivity index (χ1) is 8.70. The van der Waals surface area contributed by atoms with Gasteiger partial charge in [-0.15, -0.1) is 11.8 Å². The summed E-state index contributed by atoms with van der Waals surface area (Å²) in [4.78, 5) is 1.04. The van der Waals surface area contributed by atoms with Crippen LogP contribution in [0.25, 0.3) is 0 Å². The Balaban J connectivity index is 2.09. The van der Waals surface area contributed by atoms with Crippen molar-refractivity contribution in [2.75, 3.05) is 12.8 Å². The van der Waals surface area contributed by atoms with Crippen LogP contribution in [0.4, 0.5) is 10.1 Å². The molecule has 0 aliphatic rings. The molecule has 2 rings (SSSR count). The topological polar surface area (TPSA) is 35.2 Å². The average Bonchev–Trinajstić information content (AvgIpc) is 2.41. The van der Waals surface area contributed by atoms with Gasteiger partial charge in [0.15, 0.2) is 0 Å². The highest BCUT2D eigenvalue weighted by Crippen LogP contribution is 2.28. The molecule has 0 aliphatic carbocycles. The molecular weight excluding hydrogens is 249 g/mol. The first kappa shape index (κ1) is 12.8. The second-order valence-electron chi connectivity index (χ2n) is 3.79. The lowest BCUT2D eigenvalue weighted by Crippen LogP contribution is -1.95. The summed E-state index contributed by atoms with van der Waals surface area (Å²) in [7, 11) is 1.63. The van der Waals surface area contributed by atoms with Crippen molar-refractivity contribution in [3.63, 3.8) is 0 Å². The Bertz CT molecular complexity index is 545. The van der Waals surface area contributed by atoms with E-state index in [0.717, 1.165) is 10.6 Å². The summed E-state index contributed by atoms with van der Waals surface area (Å²) in [5.74, 6) is 1.02. The maximum atomic E-state index is 13.7. The maximum absolute atomic E-state index is 13.7. The predicted octanol–water partition coefficient (Wildman–Crippen LogP) is 3.71. The fourth-order valence-corrected chi connectivity index (χ4v) is 2.48. The number of methoxy groups -OCH3 is 1. The molecule has 0 atom stereocenters. The Morgan fingerprint density at radius 3 is 2.78 bits per heavy atom. The van der Waals surface area contributed by atoms with Crippen molar-refractivity contribution >= 4 is 17.4 Å². The molecule has 0 aliphatic heterocycles. The number of thioether (sulfide) groups is 1. The molecule has 2 aromatic rings. The van der Waals surface area contributed by atoms with Gasteiger partial charge in [0, 0.05) is 16.2 Å². The molecule has 0 unspecified atom stereocenters. The molecule has 2 N–H and O–H groups in total. The molecule has 0 bridgehead atoms. The molecule has 2 nitrogen and oxygen atoms in total. The minimum absolute atomic E-state index is 0.193. The van der Waals surface area contributed by atoms with Crippen LogP contribution in [0.3, 0.4) is 0 Å². The summed E-state index contributed by atoms with van der Waals surface area (Å²) >= 11 is 1.55. The molecule has 0 amide bonds. The van der Waals surface area contributed by atoms with Crippen molar-refractivity contribution in [2.45, 2.75) is 10.6 Å². The third kappa shape index (κ3) is 2.96. The first-order valence-electron chi connectivity index (χ1n) is 5.50. The summed E-state index contributed by atoms with van der Waals surface area (Å²) in [6.45, 7) is 0. The van der Waals surface area contributed by atoms with Gasteiger partial charge in [0.05, 0.1) is 12.8 Å². The highest BCUT2D eigenvalue weighted by Gasteiger charge is 2.06. The summed E-state index contributed by atoms with van der Waals surface area (Å²) in [6.07, 6.45) is 0. The summed E-state index contributed by atoms with van der Waals surface area (Å²) in [5, 5.41) is 0. The van der Waals surface area contributed by atoms with Crippen molar-refractivity contribution in [2.24, 2.45) is 0 Å². The number of benzene rings is 2. The lowest BCUT2D eigenvalue weighted by Gasteiger charge is -2.06. The Kier molecular flexibility index (Phi) is 4.10. The van der Waals surface area contributed by atoms with Gasteiger partial charge in [0.1, 0.15) is 11.6 Å². The van der Waals surface area contributed by atoms with Crippen LogP contribution in [0.15, 0.2) is 47.4 Å². The molecule has 0 saturated heterocycles. The Hall–Kier alpha value is -1.68. The standard InChI is InChI=1S/C14H14FNOS/c1-17-11-5-3-6-12(8-11)18-9-10-4-2-7-13(16)14(10)15/h2-8H,9,16H2,1H3.